The van der Waals surface area contributed by atoms with Crippen LogP contribution in [-0.2, 0) is 9.47 Å². The van der Waals surface area contributed by atoms with E-state index < -0.39 is 18.1 Å². The third kappa shape index (κ3) is 4.79. The molecule has 1 aromatic rings. The Balaban J connectivity index is 2.60. The number of benzene rings is 1. The Morgan fingerprint density at radius 1 is 1.21 bits per heavy atom. The minimum atomic E-state index is -1.17. The van der Waals surface area contributed by atoms with E-state index in [4.69, 9.17) is 5.11 Å². The first-order valence-corrected chi connectivity index (χ1v) is 5.77. The highest BCUT2D eigenvalue weighted by atomic mass is 16.7. The molecule has 0 spiro atoms. The molecule has 0 atom stereocenters. The number of rotatable bonds is 5. The molecule has 0 amide bonds. The number of unbranched alkanes of at least 4 members (excludes halogenated alkanes) is 1. The van der Waals surface area contributed by atoms with Crippen molar-refractivity contribution in [2.45, 2.75) is 19.8 Å². The maximum absolute atomic E-state index is 11.5. The Morgan fingerprint density at radius 2 is 1.89 bits per heavy atom. The highest BCUT2D eigenvalue weighted by molar-refractivity contribution is 5.97. The summed E-state index contributed by atoms with van der Waals surface area (Å²) in [6.07, 6.45) is 0.443. The number of carboxylic acid groups (broad SMARTS) is 1. The van der Waals surface area contributed by atoms with Crippen LogP contribution in [0.3, 0.4) is 0 Å². The highest BCUT2D eigenvalue weighted by Crippen LogP contribution is 2.07. The third-order valence-corrected chi connectivity index (χ3v) is 2.24. The normalized spacial score (nSPS) is 9.74. The van der Waals surface area contributed by atoms with Gasteiger partial charge in [-0.2, -0.15) is 0 Å². The first-order valence-electron chi connectivity index (χ1n) is 5.77. The van der Waals surface area contributed by atoms with Crippen LogP contribution >= 0.6 is 0 Å². The van der Waals surface area contributed by atoms with Gasteiger partial charge in [-0.1, -0.05) is 19.4 Å². The number of carbonyl (C=O) groups is 3. The summed E-state index contributed by atoms with van der Waals surface area (Å²) in [5.41, 5.74) is -0.0823. The summed E-state index contributed by atoms with van der Waals surface area (Å²) in [7, 11) is 0. The molecule has 6 nitrogen and oxygen atoms in total. The van der Waals surface area contributed by atoms with Gasteiger partial charge in [0.1, 0.15) is 0 Å². The molecule has 0 aliphatic carbocycles. The van der Waals surface area contributed by atoms with Gasteiger partial charge in [-0.05, 0) is 24.6 Å². The zero-order valence-electron chi connectivity index (χ0n) is 10.4. The predicted molar refractivity (Wildman–Crippen MR) is 65.1 cm³/mol. The standard InChI is InChI=1S/C13H14O6/c1-2-3-7-18-13(17)19-12(16)10-6-4-5-9(8-10)11(14)15/h4-6,8H,2-3,7H2,1H3,(H,14,15). The minimum absolute atomic E-state index is 0.0210. The van der Waals surface area contributed by atoms with Crippen LogP contribution in [0.1, 0.15) is 40.5 Å². The molecule has 0 fully saturated rings. The van der Waals surface area contributed by atoms with Crippen molar-refractivity contribution < 1.29 is 29.0 Å². The van der Waals surface area contributed by atoms with Gasteiger partial charge in [-0.15, -0.1) is 0 Å². The van der Waals surface area contributed by atoms with Crippen LogP contribution in [0.25, 0.3) is 0 Å². The van der Waals surface area contributed by atoms with E-state index >= 15 is 0 Å². The molecule has 6 heteroatoms. The Hall–Kier alpha value is -2.37. The van der Waals surface area contributed by atoms with Gasteiger partial charge in [0, 0.05) is 0 Å². The zero-order valence-corrected chi connectivity index (χ0v) is 10.4. The Morgan fingerprint density at radius 3 is 2.53 bits per heavy atom. The molecule has 0 unspecified atom stereocenters. The van der Waals surface area contributed by atoms with E-state index in [1.807, 2.05) is 6.92 Å². The van der Waals surface area contributed by atoms with E-state index in [2.05, 4.69) is 9.47 Å². The molecule has 1 rings (SSSR count). The van der Waals surface area contributed by atoms with Gasteiger partial charge in [0.05, 0.1) is 17.7 Å². The first-order chi connectivity index (χ1) is 9.04. The summed E-state index contributed by atoms with van der Waals surface area (Å²) >= 11 is 0. The molecule has 1 aromatic carbocycles. The summed E-state index contributed by atoms with van der Waals surface area (Å²) in [5.74, 6) is -2.11. The largest absolute Gasteiger partial charge is 0.516 e. The molecular formula is C13H14O6. The zero-order chi connectivity index (χ0) is 14.3. The lowest BCUT2D eigenvalue weighted by molar-refractivity contribution is 0.0382. The maximum atomic E-state index is 11.5. The number of carbonyl (C=O) groups excluding carboxylic acids is 2. The fourth-order valence-electron chi connectivity index (χ4n) is 1.24. The SMILES string of the molecule is CCCCOC(=O)OC(=O)c1cccc(C(=O)O)c1. The van der Waals surface area contributed by atoms with Crippen LogP contribution in [0.4, 0.5) is 4.79 Å². The van der Waals surface area contributed by atoms with Crippen molar-refractivity contribution in [3.8, 4) is 0 Å². The number of carboxylic acids is 1. The number of hydrogen-bond donors (Lipinski definition) is 1. The quantitative estimate of drug-likeness (QED) is 0.500. The molecule has 0 aliphatic heterocycles. The average Bonchev–Trinajstić information content (AvgIpc) is 2.39. The molecule has 0 bridgehead atoms. The summed E-state index contributed by atoms with van der Waals surface area (Å²) in [6.45, 7) is 2.11. The van der Waals surface area contributed by atoms with Crippen molar-refractivity contribution in [1.29, 1.82) is 0 Å². The summed E-state index contributed by atoms with van der Waals surface area (Å²) in [5, 5.41) is 8.77. The van der Waals surface area contributed by atoms with Crippen LogP contribution in [0.2, 0.25) is 0 Å². The molecule has 0 radical (unpaired) electrons. The average molecular weight is 266 g/mol. The van der Waals surface area contributed by atoms with Gasteiger partial charge in [-0.3, -0.25) is 0 Å². The van der Waals surface area contributed by atoms with Gasteiger partial charge < -0.3 is 14.6 Å². The van der Waals surface area contributed by atoms with Crippen molar-refractivity contribution in [1.82, 2.24) is 0 Å². The lowest BCUT2D eigenvalue weighted by Gasteiger charge is -2.04. The Kier molecular flexibility index (Phi) is 5.53. The summed E-state index contributed by atoms with van der Waals surface area (Å²) < 4.78 is 9.08. The second kappa shape index (κ2) is 7.15. The van der Waals surface area contributed by atoms with E-state index in [9.17, 15) is 14.4 Å². The fourth-order valence-corrected chi connectivity index (χ4v) is 1.24. The first kappa shape index (κ1) is 14.7. The topological polar surface area (TPSA) is 89.9 Å². The lowest BCUT2D eigenvalue weighted by atomic mass is 10.1. The number of aromatic carboxylic acids is 1. The van der Waals surface area contributed by atoms with Crippen LogP contribution in [0.5, 0.6) is 0 Å². The third-order valence-electron chi connectivity index (χ3n) is 2.24. The maximum Gasteiger partial charge on any atom is 0.516 e. The second-order valence-electron chi connectivity index (χ2n) is 3.73. The molecule has 102 valence electrons. The minimum Gasteiger partial charge on any atom is -0.478 e. The van der Waals surface area contributed by atoms with Crippen LogP contribution in [0, 0.1) is 0 Å². The molecule has 1 N–H and O–H groups in total. The smallest absolute Gasteiger partial charge is 0.478 e. The second-order valence-corrected chi connectivity index (χ2v) is 3.73. The predicted octanol–water partition coefficient (Wildman–Crippen LogP) is 2.48. The monoisotopic (exact) mass is 266 g/mol. The fraction of sp³-hybridized carbons (Fsp3) is 0.308. The molecule has 0 saturated heterocycles. The van der Waals surface area contributed by atoms with E-state index in [0.717, 1.165) is 12.5 Å². The Bertz CT molecular complexity index is 480. The van der Waals surface area contributed by atoms with Crippen molar-refractivity contribution in [2.24, 2.45) is 0 Å². The van der Waals surface area contributed by atoms with Crippen LogP contribution in [-0.4, -0.2) is 29.8 Å². The van der Waals surface area contributed by atoms with Gasteiger partial charge >= 0.3 is 18.1 Å². The van der Waals surface area contributed by atoms with E-state index in [1.54, 1.807) is 0 Å². The van der Waals surface area contributed by atoms with Crippen molar-refractivity contribution in [3.05, 3.63) is 35.4 Å². The molecule has 0 heterocycles. The van der Waals surface area contributed by atoms with E-state index in [1.165, 1.54) is 18.2 Å². The lowest BCUT2D eigenvalue weighted by Crippen LogP contribution is -2.15. The number of hydrogen-bond acceptors (Lipinski definition) is 5. The molecular weight excluding hydrogens is 252 g/mol. The number of ether oxygens (including phenoxy) is 2. The van der Waals surface area contributed by atoms with Crippen molar-refractivity contribution >= 4 is 18.1 Å². The van der Waals surface area contributed by atoms with Gasteiger partial charge in [0.15, 0.2) is 0 Å². The summed E-state index contributed by atoms with van der Waals surface area (Å²) in [4.78, 5) is 33.4. The van der Waals surface area contributed by atoms with E-state index in [-0.39, 0.29) is 17.7 Å². The Labute approximate surface area is 109 Å². The summed E-state index contributed by atoms with van der Waals surface area (Å²) in [6, 6.07) is 5.21. The van der Waals surface area contributed by atoms with Gasteiger partial charge in [-0.25, -0.2) is 14.4 Å². The number of esters is 1. The van der Waals surface area contributed by atoms with Crippen LogP contribution < -0.4 is 0 Å². The van der Waals surface area contributed by atoms with E-state index in [0.29, 0.717) is 6.42 Å². The molecule has 0 aromatic heterocycles. The van der Waals surface area contributed by atoms with Crippen LogP contribution in [0.15, 0.2) is 24.3 Å². The van der Waals surface area contributed by atoms with Gasteiger partial charge in [0.2, 0.25) is 0 Å². The molecule has 0 saturated carbocycles. The molecule has 19 heavy (non-hydrogen) atoms. The highest BCUT2D eigenvalue weighted by Gasteiger charge is 2.15. The van der Waals surface area contributed by atoms with Gasteiger partial charge in [0.25, 0.3) is 0 Å². The molecule has 0 aliphatic rings. The van der Waals surface area contributed by atoms with Crippen molar-refractivity contribution in [3.63, 3.8) is 0 Å². The van der Waals surface area contributed by atoms with Crippen molar-refractivity contribution in [2.75, 3.05) is 6.61 Å².